The van der Waals surface area contributed by atoms with Crippen LogP contribution < -0.4 is 0 Å². The van der Waals surface area contributed by atoms with Crippen LogP contribution in [-0.4, -0.2) is 12.3 Å². The first-order valence-corrected chi connectivity index (χ1v) is 3.24. The summed E-state index contributed by atoms with van der Waals surface area (Å²) in [6.45, 7) is -0.0655. The Balaban J connectivity index is 2.49. The molecule has 4 nitrogen and oxygen atoms in total. The average molecular weight is 149 g/mol. The molecule has 0 bridgehead atoms. The molecule has 1 aliphatic carbocycles. The van der Waals surface area contributed by atoms with Crippen molar-refractivity contribution in [1.29, 1.82) is 0 Å². The number of azide groups is 1. The Labute approximate surface area is 63.8 Å². The molecule has 0 saturated heterocycles. The zero-order chi connectivity index (χ0) is 8.10. The monoisotopic (exact) mass is 149 g/mol. The van der Waals surface area contributed by atoms with Gasteiger partial charge >= 0.3 is 0 Å². The van der Waals surface area contributed by atoms with Gasteiger partial charge in [-0.2, -0.15) is 0 Å². The molecule has 0 unspecified atom stereocenters. The minimum Gasteiger partial charge on any atom is -0.294 e. The molecule has 0 aromatic heterocycles. The number of Topliss-reactive ketones (excluding diaryl/α,β-unsaturated/α-hetero) is 1. The van der Waals surface area contributed by atoms with Crippen LogP contribution in [0.2, 0.25) is 0 Å². The van der Waals surface area contributed by atoms with Gasteiger partial charge in [-0.3, -0.25) is 4.79 Å². The first-order chi connectivity index (χ1) is 5.34. The number of carbonyl (C=O) groups is 1. The standard InChI is InChI=1S/C7H7N3O/c8-10-9-5-7(11)6-3-1-2-4-6/h1-3H,4-5H2. The fourth-order valence-electron chi connectivity index (χ4n) is 0.851. The van der Waals surface area contributed by atoms with Crippen LogP contribution in [0.15, 0.2) is 28.9 Å². The molecule has 11 heavy (non-hydrogen) atoms. The second-order valence-electron chi connectivity index (χ2n) is 2.14. The molecular weight excluding hydrogens is 142 g/mol. The summed E-state index contributed by atoms with van der Waals surface area (Å²) in [5, 5.41) is 3.18. The number of carbonyl (C=O) groups excluding carboxylic acids is 1. The van der Waals surface area contributed by atoms with E-state index in [4.69, 9.17) is 5.53 Å². The second kappa shape index (κ2) is 3.58. The first kappa shape index (κ1) is 7.57. The van der Waals surface area contributed by atoms with Crippen LogP contribution in [0.25, 0.3) is 10.4 Å². The molecule has 0 fully saturated rings. The molecule has 0 spiro atoms. The molecule has 0 aromatic carbocycles. The van der Waals surface area contributed by atoms with Gasteiger partial charge in [0.15, 0.2) is 5.78 Å². The Morgan fingerprint density at radius 3 is 3.18 bits per heavy atom. The highest BCUT2D eigenvalue weighted by molar-refractivity contribution is 5.98. The molecule has 0 aromatic rings. The number of ketones is 1. The summed E-state index contributed by atoms with van der Waals surface area (Å²) in [6, 6.07) is 0. The summed E-state index contributed by atoms with van der Waals surface area (Å²) >= 11 is 0. The van der Waals surface area contributed by atoms with Gasteiger partial charge in [0.2, 0.25) is 0 Å². The summed E-state index contributed by atoms with van der Waals surface area (Å²) in [7, 11) is 0. The van der Waals surface area contributed by atoms with Gasteiger partial charge in [0.1, 0.15) is 0 Å². The van der Waals surface area contributed by atoms with E-state index in [0.29, 0.717) is 6.42 Å². The van der Waals surface area contributed by atoms with Crippen molar-refractivity contribution >= 4 is 5.78 Å². The third-order valence-electron chi connectivity index (χ3n) is 1.41. The SMILES string of the molecule is [N-]=[N+]=NCC(=O)C1=CC=CC1. The maximum absolute atomic E-state index is 11.0. The maximum atomic E-state index is 11.0. The van der Waals surface area contributed by atoms with Crippen LogP contribution in [0, 0.1) is 0 Å². The molecule has 0 radical (unpaired) electrons. The van der Waals surface area contributed by atoms with Gasteiger partial charge in [-0.1, -0.05) is 23.3 Å². The van der Waals surface area contributed by atoms with Crippen LogP contribution in [0.5, 0.6) is 0 Å². The van der Waals surface area contributed by atoms with E-state index >= 15 is 0 Å². The summed E-state index contributed by atoms with van der Waals surface area (Å²) in [5.41, 5.74) is 8.65. The van der Waals surface area contributed by atoms with Crippen molar-refractivity contribution in [3.8, 4) is 0 Å². The highest BCUT2D eigenvalue weighted by atomic mass is 16.1. The Morgan fingerprint density at radius 1 is 1.82 bits per heavy atom. The summed E-state index contributed by atoms with van der Waals surface area (Å²) in [5.74, 6) is -0.0900. The van der Waals surface area contributed by atoms with E-state index in [0.717, 1.165) is 5.57 Å². The van der Waals surface area contributed by atoms with E-state index in [2.05, 4.69) is 10.0 Å². The number of rotatable bonds is 3. The zero-order valence-electron chi connectivity index (χ0n) is 5.90. The minimum absolute atomic E-state index is 0.0655. The van der Waals surface area contributed by atoms with Crippen LogP contribution >= 0.6 is 0 Å². The van der Waals surface area contributed by atoms with E-state index in [1.165, 1.54) is 0 Å². The molecule has 0 N–H and O–H groups in total. The molecule has 4 heteroatoms. The fourth-order valence-corrected chi connectivity index (χ4v) is 0.851. The predicted octanol–water partition coefficient (Wildman–Crippen LogP) is 1.75. The molecule has 1 rings (SSSR count). The summed E-state index contributed by atoms with van der Waals surface area (Å²) < 4.78 is 0. The van der Waals surface area contributed by atoms with Gasteiger partial charge in [-0.25, -0.2) is 0 Å². The summed E-state index contributed by atoms with van der Waals surface area (Å²) in [4.78, 5) is 13.5. The Bertz CT molecular complexity index is 271. The van der Waals surface area contributed by atoms with Crippen molar-refractivity contribution in [1.82, 2.24) is 0 Å². The van der Waals surface area contributed by atoms with Crippen molar-refractivity contribution in [3.05, 3.63) is 34.2 Å². The number of hydrogen-bond acceptors (Lipinski definition) is 2. The lowest BCUT2D eigenvalue weighted by molar-refractivity contribution is -0.114. The van der Waals surface area contributed by atoms with E-state index in [1.807, 2.05) is 12.2 Å². The Kier molecular flexibility index (Phi) is 2.47. The van der Waals surface area contributed by atoms with Crippen molar-refractivity contribution in [3.63, 3.8) is 0 Å². The van der Waals surface area contributed by atoms with Crippen molar-refractivity contribution in [2.75, 3.05) is 6.54 Å². The smallest absolute Gasteiger partial charge is 0.164 e. The first-order valence-electron chi connectivity index (χ1n) is 3.24. The lowest BCUT2D eigenvalue weighted by atomic mass is 10.1. The van der Waals surface area contributed by atoms with Gasteiger partial charge in [-0.15, -0.1) is 0 Å². The van der Waals surface area contributed by atoms with Gasteiger partial charge in [0.05, 0.1) is 6.54 Å². The predicted molar refractivity (Wildman–Crippen MR) is 40.9 cm³/mol. The molecular formula is C7H7N3O. The highest BCUT2D eigenvalue weighted by Crippen LogP contribution is 2.10. The molecule has 0 amide bonds. The Morgan fingerprint density at radius 2 is 2.64 bits per heavy atom. The van der Waals surface area contributed by atoms with Crippen molar-refractivity contribution in [2.45, 2.75) is 6.42 Å². The molecule has 1 aliphatic rings. The highest BCUT2D eigenvalue weighted by Gasteiger charge is 2.07. The lowest BCUT2D eigenvalue weighted by Gasteiger charge is -1.93. The number of allylic oxidation sites excluding steroid dienone is 3. The van der Waals surface area contributed by atoms with E-state index < -0.39 is 0 Å². The maximum Gasteiger partial charge on any atom is 0.164 e. The zero-order valence-corrected chi connectivity index (χ0v) is 5.90. The molecule has 0 heterocycles. The molecule has 0 saturated carbocycles. The summed E-state index contributed by atoms with van der Waals surface area (Å²) in [6.07, 6.45) is 6.13. The third-order valence-corrected chi connectivity index (χ3v) is 1.41. The van der Waals surface area contributed by atoms with Crippen molar-refractivity contribution < 1.29 is 4.79 Å². The Hall–Kier alpha value is -1.54. The van der Waals surface area contributed by atoms with Gasteiger partial charge in [0.25, 0.3) is 0 Å². The van der Waals surface area contributed by atoms with Gasteiger partial charge in [0, 0.05) is 4.91 Å². The fraction of sp³-hybridized carbons (Fsp3) is 0.286. The number of nitrogens with zero attached hydrogens (tertiary/aromatic N) is 3. The quantitative estimate of drug-likeness (QED) is 0.342. The molecule has 56 valence electrons. The van der Waals surface area contributed by atoms with Crippen LogP contribution in [0.3, 0.4) is 0 Å². The lowest BCUT2D eigenvalue weighted by Crippen LogP contribution is -2.03. The van der Waals surface area contributed by atoms with Gasteiger partial charge < -0.3 is 0 Å². The van der Waals surface area contributed by atoms with Gasteiger partial charge in [-0.05, 0) is 17.5 Å². The van der Waals surface area contributed by atoms with Crippen LogP contribution in [0.1, 0.15) is 6.42 Å². The average Bonchev–Trinajstić information content (AvgIpc) is 2.52. The third kappa shape index (κ3) is 1.95. The second-order valence-corrected chi connectivity index (χ2v) is 2.14. The minimum atomic E-state index is -0.0900. The van der Waals surface area contributed by atoms with E-state index in [9.17, 15) is 4.79 Å². The normalized spacial score (nSPS) is 14.0. The van der Waals surface area contributed by atoms with Crippen LogP contribution in [-0.2, 0) is 4.79 Å². The van der Waals surface area contributed by atoms with E-state index in [1.54, 1.807) is 6.08 Å². The topological polar surface area (TPSA) is 65.8 Å². The number of hydrogen-bond donors (Lipinski definition) is 0. The van der Waals surface area contributed by atoms with Crippen molar-refractivity contribution in [2.24, 2.45) is 5.11 Å². The van der Waals surface area contributed by atoms with Crippen LogP contribution in [0.4, 0.5) is 0 Å². The van der Waals surface area contributed by atoms with E-state index in [-0.39, 0.29) is 12.3 Å². The molecule has 0 aliphatic heterocycles. The molecule has 0 atom stereocenters. The largest absolute Gasteiger partial charge is 0.294 e.